The van der Waals surface area contributed by atoms with E-state index >= 15 is 0 Å². The maximum Gasteiger partial charge on any atom is 0.273 e. The molecule has 0 amide bonds. The van der Waals surface area contributed by atoms with Gasteiger partial charge in [0.05, 0.1) is 12.3 Å². The molecule has 76 valence electrons. The normalized spacial score (nSPS) is 10.4. The zero-order chi connectivity index (χ0) is 10.8. The van der Waals surface area contributed by atoms with Crippen LogP contribution < -0.4 is 5.56 Å². The number of hydrogen-bond acceptors (Lipinski definition) is 4. The fourth-order valence-electron chi connectivity index (χ4n) is 1.33. The SMILES string of the molecule is COCc1cc(=O)n2[nH]cc(C#N)c2n1. The summed E-state index contributed by atoms with van der Waals surface area (Å²) in [5.41, 5.74) is 0.925. The molecule has 0 aromatic carbocycles. The highest BCUT2D eigenvalue weighted by molar-refractivity contribution is 5.53. The Kier molecular flexibility index (Phi) is 2.23. The van der Waals surface area contributed by atoms with Gasteiger partial charge in [-0.1, -0.05) is 0 Å². The first-order chi connectivity index (χ1) is 7.26. The van der Waals surface area contributed by atoms with Crippen molar-refractivity contribution < 1.29 is 4.74 Å². The highest BCUT2D eigenvalue weighted by atomic mass is 16.5. The minimum atomic E-state index is -0.256. The fraction of sp³-hybridized carbons (Fsp3) is 0.222. The molecule has 2 rings (SSSR count). The van der Waals surface area contributed by atoms with Crippen LogP contribution in [0.15, 0.2) is 17.1 Å². The molecule has 1 N–H and O–H groups in total. The molecule has 0 aliphatic carbocycles. The Morgan fingerprint density at radius 3 is 3.20 bits per heavy atom. The number of fused-ring (bicyclic) bond motifs is 1. The van der Waals surface area contributed by atoms with E-state index in [-0.39, 0.29) is 12.2 Å². The molecule has 6 heteroatoms. The second-order valence-corrected chi connectivity index (χ2v) is 2.98. The van der Waals surface area contributed by atoms with Gasteiger partial charge in [0.2, 0.25) is 0 Å². The third-order valence-corrected chi connectivity index (χ3v) is 1.96. The minimum Gasteiger partial charge on any atom is -0.378 e. The average Bonchev–Trinajstić information content (AvgIpc) is 2.61. The van der Waals surface area contributed by atoms with E-state index in [4.69, 9.17) is 10.00 Å². The predicted molar refractivity (Wildman–Crippen MR) is 51.2 cm³/mol. The first kappa shape index (κ1) is 9.43. The van der Waals surface area contributed by atoms with E-state index < -0.39 is 0 Å². The van der Waals surface area contributed by atoms with Crippen molar-refractivity contribution in [1.29, 1.82) is 5.26 Å². The van der Waals surface area contributed by atoms with Gasteiger partial charge < -0.3 is 4.74 Å². The van der Waals surface area contributed by atoms with Gasteiger partial charge in [-0.3, -0.25) is 9.89 Å². The Morgan fingerprint density at radius 2 is 2.53 bits per heavy atom. The Labute approximate surface area is 84.7 Å². The average molecular weight is 204 g/mol. The van der Waals surface area contributed by atoms with Gasteiger partial charge in [0.1, 0.15) is 11.6 Å². The lowest BCUT2D eigenvalue weighted by molar-refractivity contribution is 0.181. The number of H-pyrrole nitrogens is 1. The van der Waals surface area contributed by atoms with Gasteiger partial charge in [-0.15, -0.1) is 0 Å². The largest absolute Gasteiger partial charge is 0.378 e. The van der Waals surface area contributed by atoms with E-state index in [1.165, 1.54) is 23.9 Å². The summed E-state index contributed by atoms with van der Waals surface area (Å²) < 4.78 is 6.10. The van der Waals surface area contributed by atoms with Gasteiger partial charge in [0, 0.05) is 19.4 Å². The number of nitrogens with zero attached hydrogens (tertiary/aromatic N) is 3. The fourth-order valence-corrected chi connectivity index (χ4v) is 1.33. The lowest BCUT2D eigenvalue weighted by atomic mass is 10.3. The van der Waals surface area contributed by atoms with Crippen molar-refractivity contribution >= 4 is 5.65 Å². The molecule has 0 saturated heterocycles. The number of aromatic nitrogens is 3. The maximum atomic E-state index is 11.5. The Balaban J connectivity index is 2.73. The Morgan fingerprint density at radius 1 is 1.73 bits per heavy atom. The van der Waals surface area contributed by atoms with Gasteiger partial charge in [0.25, 0.3) is 5.56 Å². The number of rotatable bonds is 2. The molecular weight excluding hydrogens is 196 g/mol. The van der Waals surface area contributed by atoms with E-state index in [9.17, 15) is 4.79 Å². The molecule has 0 atom stereocenters. The molecule has 0 bridgehead atoms. The predicted octanol–water partition coefficient (Wildman–Crippen LogP) is 0.0407. The number of nitriles is 1. The highest BCUT2D eigenvalue weighted by Gasteiger charge is 2.07. The molecule has 2 aromatic heterocycles. The van der Waals surface area contributed by atoms with Crippen molar-refractivity contribution in [3.63, 3.8) is 0 Å². The molecule has 2 heterocycles. The second kappa shape index (κ2) is 3.55. The number of nitrogens with one attached hydrogen (secondary N) is 1. The number of methoxy groups -OCH3 is 1. The molecule has 0 spiro atoms. The molecule has 0 unspecified atom stereocenters. The lowest BCUT2D eigenvalue weighted by Gasteiger charge is -1.98. The smallest absolute Gasteiger partial charge is 0.273 e. The first-order valence-electron chi connectivity index (χ1n) is 4.25. The van der Waals surface area contributed by atoms with Gasteiger partial charge in [-0.25, -0.2) is 9.50 Å². The second-order valence-electron chi connectivity index (χ2n) is 2.98. The van der Waals surface area contributed by atoms with E-state index in [2.05, 4.69) is 10.1 Å². The van der Waals surface area contributed by atoms with Crippen molar-refractivity contribution in [2.24, 2.45) is 0 Å². The zero-order valence-electron chi connectivity index (χ0n) is 8.02. The van der Waals surface area contributed by atoms with Gasteiger partial charge >= 0.3 is 0 Å². The van der Waals surface area contributed by atoms with Crippen LogP contribution in [-0.2, 0) is 11.3 Å². The van der Waals surface area contributed by atoms with E-state index in [0.29, 0.717) is 16.9 Å². The summed E-state index contributed by atoms with van der Waals surface area (Å²) in [7, 11) is 1.52. The third-order valence-electron chi connectivity index (χ3n) is 1.96. The van der Waals surface area contributed by atoms with Crippen LogP contribution in [-0.4, -0.2) is 21.7 Å². The summed E-state index contributed by atoms with van der Waals surface area (Å²) >= 11 is 0. The summed E-state index contributed by atoms with van der Waals surface area (Å²) in [6.07, 6.45) is 1.44. The van der Waals surface area contributed by atoms with Crippen LogP contribution in [0.4, 0.5) is 0 Å². The van der Waals surface area contributed by atoms with Crippen molar-refractivity contribution in [3.05, 3.63) is 33.9 Å². The third kappa shape index (κ3) is 1.49. The zero-order valence-corrected chi connectivity index (χ0v) is 8.02. The Bertz CT molecular complexity index is 590. The number of hydrogen-bond donors (Lipinski definition) is 1. The summed E-state index contributed by atoms with van der Waals surface area (Å²) in [4.78, 5) is 15.7. The monoisotopic (exact) mass is 204 g/mol. The van der Waals surface area contributed by atoms with Crippen LogP contribution in [0.25, 0.3) is 5.65 Å². The summed E-state index contributed by atoms with van der Waals surface area (Å²) in [6, 6.07) is 3.32. The van der Waals surface area contributed by atoms with Gasteiger partial charge in [-0.05, 0) is 0 Å². The molecular formula is C9H8N4O2. The molecule has 15 heavy (non-hydrogen) atoms. The number of aromatic amines is 1. The van der Waals surface area contributed by atoms with Crippen molar-refractivity contribution in [3.8, 4) is 6.07 Å². The summed E-state index contributed by atoms with van der Waals surface area (Å²) in [5.74, 6) is 0. The lowest BCUT2D eigenvalue weighted by Crippen LogP contribution is -2.15. The van der Waals surface area contributed by atoms with Crippen molar-refractivity contribution in [2.45, 2.75) is 6.61 Å². The minimum absolute atomic E-state index is 0.252. The molecule has 0 saturated carbocycles. The topological polar surface area (TPSA) is 83.2 Å². The van der Waals surface area contributed by atoms with Crippen LogP contribution in [0.5, 0.6) is 0 Å². The highest BCUT2D eigenvalue weighted by Crippen LogP contribution is 2.05. The van der Waals surface area contributed by atoms with Crippen LogP contribution in [0.1, 0.15) is 11.3 Å². The summed E-state index contributed by atoms with van der Waals surface area (Å²) in [6.45, 7) is 0.252. The van der Waals surface area contributed by atoms with Crippen LogP contribution >= 0.6 is 0 Å². The molecule has 6 nitrogen and oxygen atoms in total. The number of ether oxygens (including phenoxy) is 1. The molecule has 0 aliphatic rings. The van der Waals surface area contributed by atoms with Crippen LogP contribution in [0, 0.1) is 11.3 Å². The van der Waals surface area contributed by atoms with E-state index in [1.807, 2.05) is 6.07 Å². The summed E-state index contributed by atoms with van der Waals surface area (Å²) in [5, 5.41) is 11.4. The quantitative estimate of drug-likeness (QED) is 0.748. The molecule has 0 radical (unpaired) electrons. The molecule has 0 fully saturated rings. The van der Waals surface area contributed by atoms with Crippen molar-refractivity contribution in [1.82, 2.24) is 14.6 Å². The maximum absolute atomic E-state index is 11.5. The van der Waals surface area contributed by atoms with Gasteiger partial charge in [0.15, 0.2) is 5.65 Å². The van der Waals surface area contributed by atoms with Crippen LogP contribution in [0.2, 0.25) is 0 Å². The first-order valence-corrected chi connectivity index (χ1v) is 4.25. The molecule has 0 aliphatic heterocycles. The van der Waals surface area contributed by atoms with Crippen molar-refractivity contribution in [2.75, 3.05) is 7.11 Å². The van der Waals surface area contributed by atoms with E-state index in [1.54, 1.807) is 0 Å². The van der Waals surface area contributed by atoms with E-state index in [0.717, 1.165) is 0 Å². The Hall–Kier alpha value is -2.13. The standard InChI is InChI=1S/C9H8N4O2/c1-15-5-7-2-8(14)13-9(12-7)6(3-10)4-11-13/h2,4,11H,5H2,1H3. The van der Waals surface area contributed by atoms with Gasteiger partial charge in [-0.2, -0.15) is 5.26 Å². The molecule has 2 aromatic rings. The van der Waals surface area contributed by atoms with Crippen LogP contribution in [0.3, 0.4) is 0 Å².